The van der Waals surface area contributed by atoms with E-state index in [9.17, 15) is 19.2 Å². The largest absolute Gasteiger partial charge is 0.446 e. The average Bonchev–Trinajstić information content (AvgIpc) is 3.97. The van der Waals surface area contributed by atoms with Crippen LogP contribution in [-0.2, 0) is 9.59 Å². The van der Waals surface area contributed by atoms with Crippen molar-refractivity contribution in [2.75, 3.05) is 13.1 Å². The van der Waals surface area contributed by atoms with E-state index in [-0.39, 0.29) is 81.3 Å². The van der Waals surface area contributed by atoms with E-state index in [2.05, 4.69) is 51.2 Å². The van der Waals surface area contributed by atoms with Crippen LogP contribution in [0.15, 0.2) is 64.1 Å². The maximum atomic E-state index is 13.4. The average molecular weight is 715 g/mol. The smallest absolute Gasteiger partial charge is 0.273 e. The third-order valence-corrected chi connectivity index (χ3v) is 7.70. The molecule has 0 aliphatic carbocycles. The molecule has 0 saturated carbocycles. The van der Waals surface area contributed by atoms with Crippen LogP contribution in [0.1, 0.15) is 84.4 Å². The van der Waals surface area contributed by atoms with Gasteiger partial charge in [0.2, 0.25) is 47.2 Å². The maximum absolute atomic E-state index is 13.4. The third kappa shape index (κ3) is 7.49. The quantitative estimate of drug-likeness (QED) is 0.164. The van der Waals surface area contributed by atoms with Crippen molar-refractivity contribution in [3.8, 4) is 46.3 Å². The second kappa shape index (κ2) is 14.5. The van der Waals surface area contributed by atoms with E-state index in [1.807, 2.05) is 0 Å². The van der Waals surface area contributed by atoms with E-state index in [1.54, 1.807) is 0 Å². The molecule has 0 radical (unpaired) electrons. The topological polar surface area (TPSA) is 273 Å². The van der Waals surface area contributed by atoms with Gasteiger partial charge in [0.1, 0.15) is 49.7 Å². The molecule has 6 aromatic rings. The molecule has 268 valence electrons. The number of aromatic nitrogens is 6. The first-order valence-corrected chi connectivity index (χ1v) is 16.0. The van der Waals surface area contributed by atoms with E-state index in [1.165, 1.54) is 51.4 Å². The van der Waals surface area contributed by atoms with Gasteiger partial charge >= 0.3 is 0 Å². The van der Waals surface area contributed by atoms with Gasteiger partial charge in [0.15, 0.2) is 34.2 Å². The highest BCUT2D eigenvalue weighted by Gasteiger charge is 2.28. The van der Waals surface area contributed by atoms with Gasteiger partial charge in [-0.2, -0.15) is 0 Å². The minimum Gasteiger partial charge on any atom is -0.446 e. The molecular weight excluding hydrogens is 684 g/mol. The summed E-state index contributed by atoms with van der Waals surface area (Å²) in [4.78, 5) is 75.8. The molecule has 7 heterocycles. The Bertz CT molecular complexity index is 2070. The number of carbonyl (C=O) groups is 4. The van der Waals surface area contributed by atoms with Crippen LogP contribution in [0, 0.1) is 0 Å². The van der Waals surface area contributed by atoms with E-state index in [4.69, 9.17) is 26.5 Å². The number of hydrogen-bond acceptors (Lipinski definition) is 16. The summed E-state index contributed by atoms with van der Waals surface area (Å²) < 4.78 is 33.8. The summed E-state index contributed by atoms with van der Waals surface area (Å²) in [6.07, 6.45) is 9.11. The lowest BCUT2D eigenvalue weighted by Crippen LogP contribution is -2.30. The molecule has 4 amide bonds. The van der Waals surface area contributed by atoms with Gasteiger partial charge < -0.3 is 47.8 Å². The number of nitrogens with zero attached hydrogens (tertiary/aromatic N) is 6. The van der Waals surface area contributed by atoms with Crippen LogP contribution < -0.4 is 21.3 Å². The first-order chi connectivity index (χ1) is 25.2. The van der Waals surface area contributed by atoms with E-state index in [0.717, 1.165) is 0 Å². The van der Waals surface area contributed by atoms with Crippen LogP contribution >= 0.6 is 0 Å². The van der Waals surface area contributed by atoms with E-state index >= 15 is 0 Å². The van der Waals surface area contributed by atoms with Gasteiger partial charge in [-0.25, -0.2) is 29.9 Å². The minimum absolute atomic E-state index is 0.00580. The highest BCUT2D eigenvalue weighted by Crippen LogP contribution is 2.29. The summed E-state index contributed by atoms with van der Waals surface area (Å²) in [5, 5.41) is 11.1. The zero-order valence-corrected chi connectivity index (χ0v) is 27.6. The van der Waals surface area contributed by atoms with Gasteiger partial charge in [-0.1, -0.05) is 0 Å². The van der Waals surface area contributed by atoms with Gasteiger partial charge in [-0.05, 0) is 25.7 Å². The molecule has 12 bridgehead atoms. The van der Waals surface area contributed by atoms with Crippen molar-refractivity contribution in [3.05, 3.63) is 60.7 Å². The molecule has 6 aromatic heterocycles. The third-order valence-electron chi connectivity index (χ3n) is 7.70. The summed E-state index contributed by atoms with van der Waals surface area (Å²) in [6.45, 7) is 3.52. The van der Waals surface area contributed by atoms with Gasteiger partial charge in [-0.3, -0.25) is 19.2 Å². The molecule has 0 spiro atoms. The van der Waals surface area contributed by atoms with Crippen molar-refractivity contribution in [2.45, 2.75) is 51.6 Å². The van der Waals surface area contributed by atoms with E-state index < -0.39 is 23.9 Å². The number of hydrogen-bond donors (Lipinski definition) is 4. The summed E-state index contributed by atoms with van der Waals surface area (Å²) in [5.41, 5.74) is 0.640. The standard InChI is InChI=1S/C32H30N10O10/c1-15(43)33-7-3-5-17-27-39-23(11-49-27)31-41-22(13-51-31)30-38-20(10-48-30)26(46)36-18(6-4-8-34-16(2)44)28-40-24(12-50-28)32-42-21(14-52-32)29-37-19(9-47-29)25(45)35-17/h9-14,17-18H,3-8H2,1-2H3,(H,33,43)(H,34,44)(H,35,45)(H,36,46)/t17-,18-/m0/s1. The molecule has 0 aromatic carbocycles. The molecule has 1 aliphatic rings. The second-order valence-corrected chi connectivity index (χ2v) is 11.6. The van der Waals surface area contributed by atoms with Gasteiger partial charge in [0, 0.05) is 26.9 Å². The van der Waals surface area contributed by atoms with Crippen molar-refractivity contribution in [1.29, 1.82) is 0 Å². The van der Waals surface area contributed by atoms with Crippen LogP contribution in [0.4, 0.5) is 0 Å². The number of amides is 4. The Kier molecular flexibility index (Phi) is 9.41. The van der Waals surface area contributed by atoms with Crippen LogP contribution in [0.5, 0.6) is 0 Å². The molecule has 0 saturated heterocycles. The number of rotatable bonds is 8. The Morgan fingerprint density at radius 2 is 0.865 bits per heavy atom. The normalized spacial score (nSPS) is 15.7. The highest BCUT2D eigenvalue weighted by molar-refractivity contribution is 5.93. The summed E-state index contributed by atoms with van der Waals surface area (Å²) in [5.74, 6) is -1.20. The number of oxazole rings is 6. The number of nitrogens with one attached hydrogen (secondary N) is 4. The second-order valence-electron chi connectivity index (χ2n) is 11.6. The number of fused-ring (bicyclic) bond motifs is 16. The van der Waals surface area contributed by atoms with Crippen LogP contribution in [0.2, 0.25) is 0 Å². The monoisotopic (exact) mass is 714 g/mol. The van der Waals surface area contributed by atoms with Gasteiger partial charge in [0.25, 0.3) is 11.8 Å². The zero-order chi connectivity index (χ0) is 36.2. The predicted octanol–water partition coefficient (Wildman–Crippen LogP) is 3.37. The van der Waals surface area contributed by atoms with Crippen LogP contribution in [-0.4, -0.2) is 66.6 Å². The lowest BCUT2D eigenvalue weighted by molar-refractivity contribution is -0.119. The van der Waals surface area contributed by atoms with Crippen molar-refractivity contribution in [1.82, 2.24) is 51.2 Å². The molecule has 20 nitrogen and oxygen atoms in total. The van der Waals surface area contributed by atoms with Gasteiger partial charge in [0.05, 0.1) is 0 Å². The molecule has 52 heavy (non-hydrogen) atoms. The van der Waals surface area contributed by atoms with Crippen molar-refractivity contribution in [2.24, 2.45) is 0 Å². The summed E-state index contributed by atoms with van der Waals surface area (Å²) in [7, 11) is 0. The molecular formula is C32H30N10O10. The predicted molar refractivity (Wildman–Crippen MR) is 171 cm³/mol. The van der Waals surface area contributed by atoms with Gasteiger partial charge in [-0.15, -0.1) is 0 Å². The molecule has 7 rings (SSSR count). The fourth-order valence-electron chi connectivity index (χ4n) is 5.18. The van der Waals surface area contributed by atoms with Crippen molar-refractivity contribution in [3.63, 3.8) is 0 Å². The Hall–Kier alpha value is -6.86. The van der Waals surface area contributed by atoms with E-state index in [0.29, 0.717) is 38.8 Å². The molecule has 20 heteroatoms. The Morgan fingerprint density at radius 3 is 1.25 bits per heavy atom. The molecule has 4 N–H and O–H groups in total. The lowest BCUT2D eigenvalue weighted by Gasteiger charge is -2.15. The zero-order valence-electron chi connectivity index (χ0n) is 27.6. The van der Waals surface area contributed by atoms with Crippen LogP contribution in [0.3, 0.4) is 0 Å². The Labute approximate surface area is 292 Å². The maximum Gasteiger partial charge on any atom is 0.273 e. The molecule has 0 fully saturated rings. The first kappa shape index (κ1) is 33.6. The minimum atomic E-state index is -0.753. The van der Waals surface area contributed by atoms with Crippen molar-refractivity contribution >= 4 is 23.6 Å². The molecule has 2 atom stereocenters. The summed E-state index contributed by atoms with van der Waals surface area (Å²) >= 11 is 0. The Morgan fingerprint density at radius 1 is 0.538 bits per heavy atom. The Balaban J connectivity index is 1.22. The highest BCUT2D eigenvalue weighted by atomic mass is 16.4. The SMILES string of the molecule is CC(=O)NCCC[C@@H]1NC(=O)c2coc(n2)-c2coc(n2)-c2coc(n2)[C@H](CCCNC(C)=O)NC(=O)c2coc(n2)-c2coc(n2)-c2coc1n2. The molecule has 1 aliphatic heterocycles. The lowest BCUT2D eigenvalue weighted by atomic mass is 10.1. The molecule has 0 unspecified atom stereocenters. The van der Waals surface area contributed by atoms with Crippen LogP contribution in [0.25, 0.3) is 46.3 Å². The fraction of sp³-hybridized carbons (Fsp3) is 0.312. The number of carbonyl (C=O) groups excluding carboxylic acids is 4. The first-order valence-electron chi connectivity index (χ1n) is 16.0. The fourth-order valence-corrected chi connectivity index (χ4v) is 5.18. The van der Waals surface area contributed by atoms with Crippen molar-refractivity contribution < 1.29 is 45.7 Å². The summed E-state index contributed by atoms with van der Waals surface area (Å²) in [6, 6.07) is -1.51.